The number of nitrogens with zero attached hydrogens (tertiary/aromatic N) is 1. The molecular formula is C12H17FN2O. The molecule has 0 bridgehead atoms. The third-order valence-corrected chi connectivity index (χ3v) is 2.40. The summed E-state index contributed by atoms with van der Waals surface area (Å²) in [6.07, 6.45) is 1.07. The van der Waals surface area contributed by atoms with Crippen LogP contribution in [0.5, 0.6) is 0 Å². The molecule has 3 nitrogen and oxygen atoms in total. The summed E-state index contributed by atoms with van der Waals surface area (Å²) in [5, 5.41) is 0. The van der Waals surface area contributed by atoms with Crippen LogP contribution < -0.4 is 10.6 Å². The highest BCUT2D eigenvalue weighted by molar-refractivity contribution is 5.92. The van der Waals surface area contributed by atoms with Crippen LogP contribution in [0.2, 0.25) is 0 Å². The minimum Gasteiger partial charge on any atom is -0.328 e. The highest BCUT2D eigenvalue weighted by Crippen LogP contribution is 2.14. The van der Waals surface area contributed by atoms with Gasteiger partial charge in [-0.25, -0.2) is 4.39 Å². The van der Waals surface area contributed by atoms with Gasteiger partial charge in [0.05, 0.1) is 0 Å². The zero-order valence-corrected chi connectivity index (χ0v) is 9.61. The fourth-order valence-electron chi connectivity index (χ4n) is 1.33. The molecule has 0 saturated carbocycles. The van der Waals surface area contributed by atoms with E-state index in [-0.39, 0.29) is 17.8 Å². The number of nitrogens with two attached hydrogens (primary N) is 1. The van der Waals surface area contributed by atoms with Crippen LogP contribution in [-0.4, -0.2) is 19.0 Å². The monoisotopic (exact) mass is 224 g/mol. The van der Waals surface area contributed by atoms with Gasteiger partial charge in [0.1, 0.15) is 5.82 Å². The molecule has 1 amide bonds. The predicted octanol–water partition coefficient (Wildman–Crippen LogP) is 1.92. The Morgan fingerprint density at radius 2 is 2.00 bits per heavy atom. The van der Waals surface area contributed by atoms with Gasteiger partial charge in [-0.2, -0.15) is 0 Å². The number of carbonyl (C=O) groups is 1. The predicted molar refractivity (Wildman–Crippen MR) is 62.7 cm³/mol. The van der Waals surface area contributed by atoms with E-state index in [1.165, 1.54) is 17.0 Å². The van der Waals surface area contributed by atoms with Crippen molar-refractivity contribution >= 4 is 11.6 Å². The molecule has 1 atom stereocenters. The van der Waals surface area contributed by atoms with E-state index in [1.54, 1.807) is 19.2 Å². The second-order valence-electron chi connectivity index (χ2n) is 3.95. The maximum Gasteiger partial charge on any atom is 0.226 e. The van der Waals surface area contributed by atoms with Crippen molar-refractivity contribution in [3.05, 3.63) is 30.1 Å². The molecule has 0 fully saturated rings. The molecule has 0 aliphatic heterocycles. The Bertz CT molecular complexity index is 349. The number of amides is 1. The lowest BCUT2D eigenvalue weighted by Gasteiger charge is -2.17. The van der Waals surface area contributed by atoms with Crippen LogP contribution in [0, 0.1) is 5.82 Å². The molecule has 0 spiro atoms. The lowest BCUT2D eigenvalue weighted by atomic mass is 10.2. The molecule has 0 aliphatic carbocycles. The molecule has 0 heterocycles. The smallest absolute Gasteiger partial charge is 0.226 e. The molecule has 0 aliphatic rings. The quantitative estimate of drug-likeness (QED) is 0.849. The fourth-order valence-corrected chi connectivity index (χ4v) is 1.33. The first-order chi connectivity index (χ1) is 7.50. The van der Waals surface area contributed by atoms with E-state index in [1.807, 2.05) is 6.92 Å². The standard InChI is InChI=1S/C12H17FN2O/c1-9(14)3-8-12(16)15(2)11-6-4-10(13)5-7-11/h4-7,9H,3,8,14H2,1-2H3. The number of carbonyl (C=O) groups excluding carboxylic acids is 1. The van der Waals surface area contributed by atoms with E-state index in [9.17, 15) is 9.18 Å². The van der Waals surface area contributed by atoms with E-state index in [0.717, 1.165) is 0 Å². The normalized spacial score (nSPS) is 12.2. The number of rotatable bonds is 4. The number of hydrogen-bond acceptors (Lipinski definition) is 2. The maximum atomic E-state index is 12.7. The Morgan fingerprint density at radius 3 is 2.50 bits per heavy atom. The number of halogens is 1. The van der Waals surface area contributed by atoms with Crippen LogP contribution in [0.4, 0.5) is 10.1 Å². The number of hydrogen-bond donors (Lipinski definition) is 1. The van der Waals surface area contributed by atoms with Crippen LogP contribution in [0.1, 0.15) is 19.8 Å². The zero-order valence-electron chi connectivity index (χ0n) is 9.61. The van der Waals surface area contributed by atoms with Crippen LogP contribution in [0.3, 0.4) is 0 Å². The van der Waals surface area contributed by atoms with Gasteiger partial charge < -0.3 is 10.6 Å². The van der Waals surface area contributed by atoms with Gasteiger partial charge in [-0.05, 0) is 37.6 Å². The Labute approximate surface area is 95.0 Å². The first kappa shape index (κ1) is 12.6. The van der Waals surface area contributed by atoms with Gasteiger partial charge in [0, 0.05) is 25.2 Å². The van der Waals surface area contributed by atoms with Gasteiger partial charge in [-0.15, -0.1) is 0 Å². The Morgan fingerprint density at radius 1 is 1.44 bits per heavy atom. The lowest BCUT2D eigenvalue weighted by molar-refractivity contribution is -0.118. The summed E-state index contributed by atoms with van der Waals surface area (Å²) < 4.78 is 12.7. The van der Waals surface area contributed by atoms with Crippen LogP contribution in [-0.2, 0) is 4.79 Å². The molecule has 1 aromatic rings. The van der Waals surface area contributed by atoms with E-state index < -0.39 is 0 Å². The van der Waals surface area contributed by atoms with Crippen molar-refractivity contribution in [1.82, 2.24) is 0 Å². The minimum atomic E-state index is -0.305. The summed E-state index contributed by atoms with van der Waals surface area (Å²) in [5.41, 5.74) is 6.27. The maximum absolute atomic E-state index is 12.7. The van der Waals surface area contributed by atoms with Gasteiger partial charge in [-0.1, -0.05) is 0 Å². The van der Waals surface area contributed by atoms with E-state index in [0.29, 0.717) is 18.5 Å². The molecule has 1 rings (SSSR count). The first-order valence-electron chi connectivity index (χ1n) is 5.28. The SMILES string of the molecule is CC(N)CCC(=O)N(C)c1ccc(F)cc1. The second kappa shape index (κ2) is 5.61. The zero-order chi connectivity index (χ0) is 12.1. The molecule has 16 heavy (non-hydrogen) atoms. The largest absolute Gasteiger partial charge is 0.328 e. The summed E-state index contributed by atoms with van der Waals surface area (Å²) in [5.74, 6) is -0.316. The van der Waals surface area contributed by atoms with Crippen molar-refractivity contribution in [2.24, 2.45) is 5.73 Å². The molecule has 4 heteroatoms. The average molecular weight is 224 g/mol. The van der Waals surface area contributed by atoms with Gasteiger partial charge in [0.15, 0.2) is 0 Å². The van der Waals surface area contributed by atoms with E-state index >= 15 is 0 Å². The molecule has 2 N–H and O–H groups in total. The third-order valence-electron chi connectivity index (χ3n) is 2.40. The highest BCUT2D eigenvalue weighted by Gasteiger charge is 2.11. The van der Waals surface area contributed by atoms with Crippen molar-refractivity contribution in [1.29, 1.82) is 0 Å². The topological polar surface area (TPSA) is 46.3 Å². The van der Waals surface area contributed by atoms with Crippen LogP contribution in [0.15, 0.2) is 24.3 Å². The molecular weight excluding hydrogens is 207 g/mol. The van der Waals surface area contributed by atoms with Crippen molar-refractivity contribution in [3.8, 4) is 0 Å². The summed E-state index contributed by atoms with van der Waals surface area (Å²) in [4.78, 5) is 13.2. The Hall–Kier alpha value is -1.42. The van der Waals surface area contributed by atoms with Crippen molar-refractivity contribution in [2.75, 3.05) is 11.9 Å². The minimum absolute atomic E-state index is 0.0103. The van der Waals surface area contributed by atoms with Crippen molar-refractivity contribution in [3.63, 3.8) is 0 Å². The molecule has 1 unspecified atom stereocenters. The fraction of sp³-hybridized carbons (Fsp3) is 0.417. The molecule has 0 aromatic heterocycles. The van der Waals surface area contributed by atoms with E-state index in [2.05, 4.69) is 0 Å². The summed E-state index contributed by atoms with van der Waals surface area (Å²) in [7, 11) is 1.68. The van der Waals surface area contributed by atoms with Gasteiger partial charge in [0.2, 0.25) is 5.91 Å². The van der Waals surface area contributed by atoms with Gasteiger partial charge in [-0.3, -0.25) is 4.79 Å². The first-order valence-corrected chi connectivity index (χ1v) is 5.28. The van der Waals surface area contributed by atoms with E-state index in [4.69, 9.17) is 5.73 Å². The average Bonchev–Trinajstić information content (AvgIpc) is 2.26. The second-order valence-corrected chi connectivity index (χ2v) is 3.95. The van der Waals surface area contributed by atoms with Crippen molar-refractivity contribution in [2.45, 2.75) is 25.8 Å². The van der Waals surface area contributed by atoms with Crippen molar-refractivity contribution < 1.29 is 9.18 Å². The lowest BCUT2D eigenvalue weighted by Crippen LogP contribution is -2.28. The Kier molecular flexibility index (Phi) is 4.43. The third kappa shape index (κ3) is 3.62. The summed E-state index contributed by atoms with van der Waals surface area (Å²) in [6.45, 7) is 1.87. The number of anilines is 1. The molecule has 88 valence electrons. The molecule has 0 saturated heterocycles. The molecule has 0 radical (unpaired) electrons. The summed E-state index contributed by atoms with van der Waals surface area (Å²) >= 11 is 0. The highest BCUT2D eigenvalue weighted by atomic mass is 19.1. The van der Waals surface area contributed by atoms with Crippen LogP contribution in [0.25, 0.3) is 0 Å². The Balaban J connectivity index is 2.59. The molecule has 1 aromatic carbocycles. The van der Waals surface area contributed by atoms with Gasteiger partial charge >= 0.3 is 0 Å². The number of benzene rings is 1. The summed E-state index contributed by atoms with van der Waals surface area (Å²) in [6, 6.07) is 5.86. The van der Waals surface area contributed by atoms with Gasteiger partial charge in [0.25, 0.3) is 0 Å². The van der Waals surface area contributed by atoms with Crippen LogP contribution >= 0.6 is 0 Å².